The number of nitrogens with zero attached hydrogens (tertiary/aromatic N) is 3. The molecule has 3 aromatic carbocycles. The topological polar surface area (TPSA) is 113 Å². The predicted octanol–water partition coefficient (Wildman–Crippen LogP) is 3.95. The molecule has 35 heavy (non-hydrogen) atoms. The fourth-order valence-electron chi connectivity index (χ4n) is 3.58. The van der Waals surface area contributed by atoms with Gasteiger partial charge in [-0.05, 0) is 55.8 Å². The van der Waals surface area contributed by atoms with Gasteiger partial charge in [0.1, 0.15) is 6.54 Å². The van der Waals surface area contributed by atoms with Gasteiger partial charge in [-0.3, -0.25) is 19.2 Å². The second kappa shape index (κ2) is 11.5. The SMILES string of the molecule is CCN(CC)c1ccc(CNC(=O)CN(c2ccc([N+](=O)[O-])cc2)S(=O)(=O)c2ccccc2)cc1. The summed E-state index contributed by atoms with van der Waals surface area (Å²) in [5.41, 5.74) is 1.94. The van der Waals surface area contributed by atoms with E-state index in [2.05, 4.69) is 24.1 Å². The van der Waals surface area contributed by atoms with Crippen molar-refractivity contribution < 1.29 is 18.1 Å². The molecule has 0 atom stereocenters. The highest BCUT2D eigenvalue weighted by atomic mass is 32.2. The van der Waals surface area contributed by atoms with E-state index in [4.69, 9.17) is 0 Å². The van der Waals surface area contributed by atoms with E-state index >= 15 is 0 Å². The van der Waals surface area contributed by atoms with Crippen LogP contribution < -0.4 is 14.5 Å². The summed E-state index contributed by atoms with van der Waals surface area (Å²) in [4.78, 5) is 25.4. The van der Waals surface area contributed by atoms with Crippen molar-refractivity contribution in [2.45, 2.75) is 25.3 Å². The number of benzene rings is 3. The first kappa shape index (κ1) is 25.7. The fourth-order valence-corrected chi connectivity index (χ4v) is 5.02. The largest absolute Gasteiger partial charge is 0.372 e. The van der Waals surface area contributed by atoms with Gasteiger partial charge in [-0.1, -0.05) is 30.3 Å². The Bertz CT molecular complexity index is 1240. The van der Waals surface area contributed by atoms with Crippen LogP contribution in [0.5, 0.6) is 0 Å². The van der Waals surface area contributed by atoms with Crippen molar-refractivity contribution >= 4 is 33.0 Å². The van der Waals surface area contributed by atoms with Crippen LogP contribution in [0.1, 0.15) is 19.4 Å². The number of carbonyl (C=O) groups is 1. The molecular weight excluding hydrogens is 468 g/mol. The number of hydrogen-bond acceptors (Lipinski definition) is 6. The Labute approximate surface area is 205 Å². The number of nitrogens with one attached hydrogen (secondary N) is 1. The highest BCUT2D eigenvalue weighted by Gasteiger charge is 2.27. The first-order chi connectivity index (χ1) is 16.8. The maximum absolute atomic E-state index is 13.3. The maximum atomic E-state index is 13.3. The molecule has 0 aliphatic heterocycles. The van der Waals surface area contributed by atoms with Crippen LogP contribution in [-0.4, -0.2) is 38.9 Å². The highest BCUT2D eigenvalue weighted by molar-refractivity contribution is 7.92. The molecule has 0 radical (unpaired) electrons. The Morgan fingerprint density at radius 2 is 1.46 bits per heavy atom. The third kappa shape index (κ3) is 6.36. The molecule has 1 N–H and O–H groups in total. The maximum Gasteiger partial charge on any atom is 0.269 e. The normalized spacial score (nSPS) is 11.0. The van der Waals surface area contributed by atoms with Gasteiger partial charge < -0.3 is 10.2 Å². The van der Waals surface area contributed by atoms with Gasteiger partial charge in [0.05, 0.1) is 15.5 Å². The van der Waals surface area contributed by atoms with Crippen LogP contribution in [0.2, 0.25) is 0 Å². The van der Waals surface area contributed by atoms with E-state index in [9.17, 15) is 23.3 Å². The lowest BCUT2D eigenvalue weighted by molar-refractivity contribution is -0.384. The Morgan fingerprint density at radius 3 is 2.00 bits per heavy atom. The molecule has 3 rings (SSSR count). The molecule has 3 aromatic rings. The van der Waals surface area contributed by atoms with Gasteiger partial charge in [-0.15, -0.1) is 0 Å². The first-order valence-corrected chi connectivity index (χ1v) is 12.6. The van der Waals surface area contributed by atoms with Crippen LogP contribution >= 0.6 is 0 Å². The van der Waals surface area contributed by atoms with E-state index in [1.54, 1.807) is 18.2 Å². The van der Waals surface area contributed by atoms with Crippen LogP contribution in [0.4, 0.5) is 17.1 Å². The minimum Gasteiger partial charge on any atom is -0.372 e. The van der Waals surface area contributed by atoms with Crippen molar-refractivity contribution in [3.05, 3.63) is 94.5 Å². The lowest BCUT2D eigenvalue weighted by Crippen LogP contribution is -2.40. The van der Waals surface area contributed by atoms with Crippen LogP contribution in [-0.2, 0) is 21.4 Å². The number of rotatable bonds is 11. The van der Waals surface area contributed by atoms with E-state index < -0.39 is 27.4 Å². The molecule has 0 aliphatic carbocycles. The molecule has 184 valence electrons. The molecule has 0 spiro atoms. The Kier molecular flexibility index (Phi) is 8.43. The van der Waals surface area contributed by atoms with E-state index in [0.29, 0.717) is 0 Å². The molecule has 0 bridgehead atoms. The van der Waals surface area contributed by atoms with Crippen LogP contribution in [0, 0.1) is 10.1 Å². The molecule has 9 nitrogen and oxygen atoms in total. The minimum absolute atomic E-state index is 0.0122. The predicted molar refractivity (Wildman–Crippen MR) is 136 cm³/mol. The third-order valence-electron chi connectivity index (χ3n) is 5.52. The standard InChI is InChI=1S/C25H28N4O5S/c1-3-27(4-2)21-12-10-20(11-13-21)18-26-25(30)19-28(22-14-16-23(17-15-22)29(31)32)35(33,34)24-8-6-5-7-9-24/h5-17H,3-4,18-19H2,1-2H3,(H,26,30). The van der Waals surface area contributed by atoms with Gasteiger partial charge in [0.25, 0.3) is 15.7 Å². The summed E-state index contributed by atoms with van der Waals surface area (Å²) >= 11 is 0. The molecule has 0 saturated heterocycles. The van der Waals surface area contributed by atoms with Gasteiger partial charge in [-0.25, -0.2) is 8.42 Å². The molecule has 0 aliphatic rings. The summed E-state index contributed by atoms with van der Waals surface area (Å²) in [5.74, 6) is -0.504. The lowest BCUT2D eigenvalue weighted by atomic mass is 10.2. The summed E-state index contributed by atoms with van der Waals surface area (Å²) in [6, 6.07) is 20.6. The van der Waals surface area contributed by atoms with Gasteiger partial charge in [0.15, 0.2) is 0 Å². The molecule has 1 amide bonds. The number of nitro groups is 1. The van der Waals surface area contributed by atoms with Crippen molar-refractivity contribution in [1.82, 2.24) is 5.32 Å². The molecular formula is C25H28N4O5S. The van der Waals surface area contributed by atoms with E-state index in [-0.39, 0.29) is 22.8 Å². The number of amides is 1. The van der Waals surface area contributed by atoms with Crippen molar-refractivity contribution in [3.63, 3.8) is 0 Å². The van der Waals surface area contributed by atoms with E-state index in [0.717, 1.165) is 28.6 Å². The Hall–Kier alpha value is -3.92. The molecule has 0 aromatic heterocycles. The smallest absolute Gasteiger partial charge is 0.269 e. The van der Waals surface area contributed by atoms with Gasteiger partial charge in [0, 0.05) is 37.5 Å². The van der Waals surface area contributed by atoms with Crippen LogP contribution in [0.3, 0.4) is 0 Å². The minimum atomic E-state index is -4.09. The summed E-state index contributed by atoms with van der Waals surface area (Å²) < 4.78 is 27.6. The molecule has 0 unspecified atom stereocenters. The Balaban J connectivity index is 1.78. The summed E-state index contributed by atoms with van der Waals surface area (Å²) in [6.07, 6.45) is 0. The summed E-state index contributed by atoms with van der Waals surface area (Å²) in [5, 5.41) is 13.8. The number of anilines is 2. The van der Waals surface area contributed by atoms with Crippen molar-refractivity contribution in [2.75, 3.05) is 28.8 Å². The Morgan fingerprint density at radius 1 is 0.886 bits per heavy atom. The molecule has 0 heterocycles. The van der Waals surface area contributed by atoms with Gasteiger partial charge >= 0.3 is 0 Å². The molecule has 10 heteroatoms. The van der Waals surface area contributed by atoms with E-state index in [1.165, 1.54) is 36.4 Å². The van der Waals surface area contributed by atoms with Crippen molar-refractivity contribution in [1.29, 1.82) is 0 Å². The fraction of sp³-hybridized carbons (Fsp3) is 0.240. The summed E-state index contributed by atoms with van der Waals surface area (Å²) in [7, 11) is -4.09. The quantitative estimate of drug-likeness (QED) is 0.318. The number of non-ortho nitro benzene ring substituents is 1. The zero-order valence-electron chi connectivity index (χ0n) is 19.6. The van der Waals surface area contributed by atoms with Crippen LogP contribution in [0.15, 0.2) is 83.8 Å². The lowest BCUT2D eigenvalue weighted by Gasteiger charge is -2.24. The monoisotopic (exact) mass is 496 g/mol. The zero-order chi connectivity index (χ0) is 25.4. The zero-order valence-corrected chi connectivity index (χ0v) is 20.4. The number of sulfonamides is 1. The van der Waals surface area contributed by atoms with Crippen LogP contribution in [0.25, 0.3) is 0 Å². The summed E-state index contributed by atoms with van der Waals surface area (Å²) in [6.45, 7) is 5.70. The molecule has 0 fully saturated rings. The third-order valence-corrected chi connectivity index (χ3v) is 7.31. The second-order valence-electron chi connectivity index (χ2n) is 7.71. The van der Waals surface area contributed by atoms with Gasteiger partial charge in [-0.2, -0.15) is 0 Å². The average molecular weight is 497 g/mol. The van der Waals surface area contributed by atoms with Crippen molar-refractivity contribution in [3.8, 4) is 0 Å². The van der Waals surface area contributed by atoms with E-state index in [1.807, 2.05) is 24.3 Å². The number of carbonyl (C=O) groups excluding carboxylic acids is 1. The average Bonchev–Trinajstić information content (AvgIpc) is 2.88. The first-order valence-electron chi connectivity index (χ1n) is 11.2. The number of hydrogen-bond donors (Lipinski definition) is 1. The second-order valence-corrected chi connectivity index (χ2v) is 9.58. The molecule has 0 saturated carbocycles. The van der Waals surface area contributed by atoms with Gasteiger partial charge in [0.2, 0.25) is 5.91 Å². The highest BCUT2D eigenvalue weighted by Crippen LogP contribution is 2.25. The van der Waals surface area contributed by atoms with Crippen molar-refractivity contribution in [2.24, 2.45) is 0 Å². The number of nitro benzene ring substituents is 1.